The number of halogens is 6. The monoisotopic (exact) mass is 668 g/mol. The number of hydrogen-bond donors (Lipinski definition) is 3. The Balaban J connectivity index is 1.13. The summed E-state index contributed by atoms with van der Waals surface area (Å²) >= 11 is 0. The van der Waals surface area contributed by atoms with Crippen LogP contribution in [0.25, 0.3) is 0 Å². The molecule has 1 aromatic heterocycles. The molecular formula is C32H42F6N8O. The molecule has 1 aromatic carbocycles. The summed E-state index contributed by atoms with van der Waals surface area (Å²) in [6.07, 6.45) is -1.33. The number of alkyl halides is 6. The van der Waals surface area contributed by atoms with Gasteiger partial charge >= 0.3 is 12.4 Å². The number of benzene rings is 1. The summed E-state index contributed by atoms with van der Waals surface area (Å²) in [5.74, 6) is -0.0919. The number of guanidine groups is 1. The van der Waals surface area contributed by atoms with Crippen LogP contribution in [0.3, 0.4) is 0 Å². The first kappa shape index (κ1) is 34.6. The molecule has 0 unspecified atom stereocenters. The summed E-state index contributed by atoms with van der Waals surface area (Å²) < 4.78 is 80.0. The molecule has 2 aromatic rings. The summed E-state index contributed by atoms with van der Waals surface area (Å²) in [7, 11) is 0. The molecule has 4 heterocycles. The number of likely N-dealkylation sites (tertiary alicyclic amines) is 1. The van der Waals surface area contributed by atoms with Crippen molar-refractivity contribution in [3.05, 3.63) is 47.3 Å². The molecule has 3 aliphatic heterocycles. The molecule has 5 rings (SSSR count). The third-order valence-electron chi connectivity index (χ3n) is 9.68. The Morgan fingerprint density at radius 1 is 0.851 bits per heavy atom. The van der Waals surface area contributed by atoms with Crippen LogP contribution in [0.2, 0.25) is 0 Å². The second-order valence-corrected chi connectivity index (χ2v) is 12.8. The predicted octanol–water partition coefficient (Wildman–Crippen LogP) is 5.44. The van der Waals surface area contributed by atoms with E-state index in [0.29, 0.717) is 49.9 Å². The highest BCUT2D eigenvalue weighted by Gasteiger charge is 2.40. The van der Waals surface area contributed by atoms with E-state index in [1.165, 1.54) is 18.2 Å². The van der Waals surface area contributed by atoms with E-state index in [-0.39, 0.29) is 30.0 Å². The van der Waals surface area contributed by atoms with Crippen molar-refractivity contribution in [2.75, 3.05) is 49.1 Å². The number of aromatic nitrogens is 2. The lowest BCUT2D eigenvalue weighted by Gasteiger charge is -2.41. The van der Waals surface area contributed by atoms with E-state index in [2.05, 4.69) is 15.3 Å². The average molecular weight is 669 g/mol. The molecule has 47 heavy (non-hydrogen) atoms. The first-order valence-corrected chi connectivity index (χ1v) is 16.3. The minimum atomic E-state index is -4.76. The number of rotatable bonds is 10. The summed E-state index contributed by atoms with van der Waals surface area (Å²) in [6, 6.07) is 5.52. The number of anilines is 2. The standard InChI is InChI=1S/C32H42F6N8O/c33-31(34,35)24-6-4-23(5-7-24)8-14-41-28(47)25-13-19-46(25)27-20-26(42-29(43-27)32(36,37)38)44-15-9-21(10-16-44)2-1-3-22-11-17-45(18-12-22)30(39)40/h4-7,20-22,25H,1-3,8-19H2,(H3,39,40)(H,41,47)/t25-/m0/s1. The van der Waals surface area contributed by atoms with Gasteiger partial charge in [-0.3, -0.25) is 10.2 Å². The molecule has 0 spiro atoms. The molecule has 1 atom stereocenters. The Hall–Kier alpha value is -3.78. The van der Waals surface area contributed by atoms with Crippen LogP contribution in [-0.2, 0) is 23.6 Å². The van der Waals surface area contributed by atoms with Gasteiger partial charge in [-0.15, -0.1) is 0 Å². The zero-order valence-corrected chi connectivity index (χ0v) is 26.2. The van der Waals surface area contributed by atoms with Gasteiger partial charge < -0.3 is 25.8 Å². The van der Waals surface area contributed by atoms with Crippen molar-refractivity contribution >= 4 is 23.5 Å². The Bertz CT molecular complexity index is 1370. The number of amides is 1. The SMILES string of the molecule is N=C(N)N1CCC(CCCC2CCN(c3cc(N4CC[C@H]4C(=O)NCCc4ccc(C(F)(F)F)cc4)nc(C(F)(F)F)n3)CC2)CC1. The van der Waals surface area contributed by atoms with Crippen LogP contribution >= 0.6 is 0 Å². The van der Waals surface area contributed by atoms with E-state index in [1.54, 1.807) is 4.90 Å². The fourth-order valence-electron chi connectivity index (χ4n) is 6.71. The largest absolute Gasteiger partial charge is 0.451 e. The number of nitrogens with one attached hydrogen (secondary N) is 2. The lowest BCUT2D eigenvalue weighted by atomic mass is 9.87. The zero-order chi connectivity index (χ0) is 33.8. The molecule has 1 amide bonds. The molecule has 258 valence electrons. The Kier molecular flexibility index (Phi) is 10.7. The van der Waals surface area contributed by atoms with E-state index in [1.807, 2.05) is 9.80 Å². The van der Waals surface area contributed by atoms with Crippen LogP contribution in [0.5, 0.6) is 0 Å². The van der Waals surface area contributed by atoms with Crippen molar-refractivity contribution in [1.29, 1.82) is 5.41 Å². The van der Waals surface area contributed by atoms with Gasteiger partial charge in [-0.1, -0.05) is 31.4 Å². The average Bonchev–Trinajstić information content (AvgIpc) is 3.00. The van der Waals surface area contributed by atoms with Crippen molar-refractivity contribution in [3.8, 4) is 0 Å². The first-order chi connectivity index (χ1) is 22.3. The van der Waals surface area contributed by atoms with E-state index in [0.717, 1.165) is 70.2 Å². The topological polar surface area (TPSA) is 114 Å². The van der Waals surface area contributed by atoms with Crippen molar-refractivity contribution in [3.63, 3.8) is 0 Å². The Morgan fingerprint density at radius 3 is 1.98 bits per heavy atom. The quantitative estimate of drug-likeness (QED) is 0.176. The molecule has 15 heteroatoms. The highest BCUT2D eigenvalue weighted by Crippen LogP contribution is 2.35. The molecular weight excluding hydrogens is 626 g/mol. The fourth-order valence-corrected chi connectivity index (χ4v) is 6.71. The number of nitrogens with two attached hydrogens (primary N) is 1. The maximum Gasteiger partial charge on any atom is 0.451 e. The predicted molar refractivity (Wildman–Crippen MR) is 166 cm³/mol. The van der Waals surface area contributed by atoms with Gasteiger partial charge in [-0.05, 0) is 68.1 Å². The number of carbonyl (C=O) groups excluding carboxylic acids is 1. The van der Waals surface area contributed by atoms with E-state index in [9.17, 15) is 31.1 Å². The second-order valence-electron chi connectivity index (χ2n) is 12.8. The highest BCUT2D eigenvalue weighted by molar-refractivity contribution is 5.86. The van der Waals surface area contributed by atoms with Gasteiger partial charge in [-0.25, -0.2) is 9.97 Å². The lowest BCUT2D eigenvalue weighted by molar-refractivity contribution is -0.144. The van der Waals surface area contributed by atoms with Gasteiger partial charge in [0.1, 0.15) is 17.7 Å². The van der Waals surface area contributed by atoms with Crippen molar-refractivity contribution in [2.24, 2.45) is 17.6 Å². The van der Waals surface area contributed by atoms with Crippen molar-refractivity contribution in [1.82, 2.24) is 20.2 Å². The van der Waals surface area contributed by atoms with E-state index < -0.39 is 29.8 Å². The number of hydrogen-bond acceptors (Lipinski definition) is 6. The molecule has 0 bridgehead atoms. The molecule has 4 N–H and O–H groups in total. The van der Waals surface area contributed by atoms with Crippen molar-refractivity contribution < 1.29 is 31.1 Å². The molecule has 3 saturated heterocycles. The van der Waals surface area contributed by atoms with E-state index in [4.69, 9.17) is 11.1 Å². The third kappa shape index (κ3) is 8.98. The van der Waals surface area contributed by atoms with Crippen LogP contribution in [0.15, 0.2) is 30.3 Å². The van der Waals surface area contributed by atoms with Gasteiger partial charge in [0.15, 0.2) is 5.96 Å². The van der Waals surface area contributed by atoms with Gasteiger partial charge in [0, 0.05) is 45.3 Å². The molecule has 0 radical (unpaired) electrons. The minimum absolute atomic E-state index is 0.0504. The fraction of sp³-hybridized carbons (Fsp3) is 0.625. The molecule has 0 aliphatic carbocycles. The molecule has 3 aliphatic rings. The molecule has 3 fully saturated rings. The summed E-state index contributed by atoms with van der Waals surface area (Å²) in [5, 5.41) is 10.3. The van der Waals surface area contributed by atoms with Crippen LogP contribution in [0.4, 0.5) is 38.0 Å². The van der Waals surface area contributed by atoms with Crippen LogP contribution in [0.1, 0.15) is 68.3 Å². The van der Waals surface area contributed by atoms with Gasteiger partial charge in [0.25, 0.3) is 0 Å². The Labute approximate surface area is 270 Å². The maximum absolute atomic E-state index is 13.9. The normalized spacial score (nSPS) is 19.9. The summed E-state index contributed by atoms with van der Waals surface area (Å²) in [5.41, 5.74) is 5.46. The molecule has 0 saturated carbocycles. The van der Waals surface area contributed by atoms with Crippen LogP contribution in [0, 0.1) is 17.2 Å². The summed E-state index contributed by atoms with van der Waals surface area (Å²) in [4.78, 5) is 25.9. The van der Waals surface area contributed by atoms with Crippen LogP contribution in [-0.4, -0.2) is 72.0 Å². The molecule has 9 nitrogen and oxygen atoms in total. The van der Waals surface area contributed by atoms with Crippen LogP contribution < -0.4 is 20.9 Å². The van der Waals surface area contributed by atoms with E-state index >= 15 is 0 Å². The third-order valence-corrected chi connectivity index (χ3v) is 9.68. The summed E-state index contributed by atoms with van der Waals surface area (Å²) in [6.45, 7) is 3.36. The lowest BCUT2D eigenvalue weighted by Crippen LogP contribution is -2.57. The number of carbonyl (C=O) groups is 1. The second kappa shape index (κ2) is 14.5. The smallest absolute Gasteiger partial charge is 0.370 e. The number of piperidine rings is 2. The van der Waals surface area contributed by atoms with Crippen molar-refractivity contribution in [2.45, 2.75) is 76.2 Å². The maximum atomic E-state index is 13.9. The number of nitrogens with zero attached hydrogens (tertiary/aromatic N) is 5. The Morgan fingerprint density at radius 2 is 1.45 bits per heavy atom. The zero-order valence-electron chi connectivity index (χ0n) is 26.2. The van der Waals surface area contributed by atoms with Gasteiger partial charge in [0.05, 0.1) is 5.56 Å². The first-order valence-electron chi connectivity index (χ1n) is 16.3. The minimum Gasteiger partial charge on any atom is -0.370 e. The van der Waals surface area contributed by atoms with Gasteiger partial charge in [0.2, 0.25) is 11.7 Å². The highest BCUT2D eigenvalue weighted by atomic mass is 19.4. The van der Waals surface area contributed by atoms with Gasteiger partial charge in [-0.2, -0.15) is 26.3 Å².